The molecule has 4 fully saturated rings. The van der Waals surface area contributed by atoms with Gasteiger partial charge in [0.1, 0.15) is 11.4 Å². The Balaban J connectivity index is 1.49. The molecule has 0 atom stereocenters. The number of carbonyl (C=O) groups is 5. The quantitative estimate of drug-likeness (QED) is 0.281. The van der Waals surface area contributed by atoms with Crippen LogP contribution in [0.4, 0.5) is 9.59 Å². The fourth-order valence-electron chi connectivity index (χ4n) is 5.14. The molecule has 1 spiro atoms. The second-order valence-corrected chi connectivity index (χ2v) is 9.66. The van der Waals surface area contributed by atoms with Gasteiger partial charge in [-0.25, -0.2) is 9.59 Å². The molecule has 3 saturated heterocycles. The van der Waals surface area contributed by atoms with Crippen molar-refractivity contribution in [2.24, 2.45) is 16.9 Å². The number of barbiturate groups is 1. The zero-order chi connectivity index (χ0) is 24.1. The SMILES string of the molecule is CCCN1C(=O)C(=C(N)N)C(=O)N(C2CCC(C)(CN3C(=O)NC(=O)C34COC4)CC2)C1=O. The molecule has 1 saturated carbocycles. The van der Waals surface area contributed by atoms with Crippen molar-refractivity contribution in [3.8, 4) is 0 Å². The second kappa shape index (κ2) is 8.01. The summed E-state index contributed by atoms with van der Waals surface area (Å²) < 4.78 is 5.23. The van der Waals surface area contributed by atoms with Crippen LogP contribution in [0.5, 0.6) is 0 Å². The van der Waals surface area contributed by atoms with Gasteiger partial charge in [-0.05, 0) is 37.5 Å². The number of rotatable bonds is 5. The first-order valence-electron chi connectivity index (χ1n) is 11.2. The summed E-state index contributed by atoms with van der Waals surface area (Å²) in [5.41, 5.74) is 9.62. The highest BCUT2D eigenvalue weighted by Gasteiger charge is 2.59. The Labute approximate surface area is 191 Å². The number of urea groups is 2. The zero-order valence-electron chi connectivity index (χ0n) is 18.9. The van der Waals surface area contributed by atoms with Crippen molar-refractivity contribution in [3.63, 3.8) is 0 Å². The minimum atomic E-state index is -0.935. The summed E-state index contributed by atoms with van der Waals surface area (Å²) >= 11 is 0. The molecule has 4 rings (SSSR count). The van der Waals surface area contributed by atoms with Crippen LogP contribution in [-0.4, -0.2) is 82.4 Å². The van der Waals surface area contributed by atoms with Crippen molar-refractivity contribution >= 4 is 29.8 Å². The summed E-state index contributed by atoms with van der Waals surface area (Å²) in [4.78, 5) is 67.1. The van der Waals surface area contributed by atoms with E-state index in [4.69, 9.17) is 16.2 Å². The lowest BCUT2D eigenvalue weighted by atomic mass is 9.72. The van der Waals surface area contributed by atoms with Gasteiger partial charge in [0, 0.05) is 19.1 Å². The number of nitrogens with one attached hydrogen (secondary N) is 1. The molecule has 3 heterocycles. The van der Waals surface area contributed by atoms with Gasteiger partial charge in [0.05, 0.1) is 13.2 Å². The smallest absolute Gasteiger partial charge is 0.334 e. The van der Waals surface area contributed by atoms with Crippen molar-refractivity contribution in [3.05, 3.63) is 11.4 Å². The number of imide groups is 3. The van der Waals surface area contributed by atoms with Crippen molar-refractivity contribution < 1.29 is 28.7 Å². The van der Waals surface area contributed by atoms with Gasteiger partial charge in [0.25, 0.3) is 17.7 Å². The van der Waals surface area contributed by atoms with Gasteiger partial charge in [-0.15, -0.1) is 0 Å². The lowest BCUT2D eigenvalue weighted by Crippen LogP contribution is -2.65. The molecule has 0 aromatic carbocycles. The third-order valence-electron chi connectivity index (χ3n) is 7.22. The molecule has 0 aromatic heterocycles. The fraction of sp³-hybridized carbons (Fsp3) is 0.667. The average Bonchev–Trinajstić information content (AvgIpc) is 2.95. The molecule has 0 aromatic rings. The first kappa shape index (κ1) is 23.0. The third-order valence-corrected chi connectivity index (χ3v) is 7.22. The second-order valence-electron chi connectivity index (χ2n) is 9.66. The van der Waals surface area contributed by atoms with E-state index in [2.05, 4.69) is 5.32 Å². The predicted molar refractivity (Wildman–Crippen MR) is 114 cm³/mol. The molecule has 4 aliphatic rings. The summed E-state index contributed by atoms with van der Waals surface area (Å²) in [7, 11) is 0. The van der Waals surface area contributed by atoms with Crippen molar-refractivity contribution in [2.45, 2.75) is 57.5 Å². The first-order valence-corrected chi connectivity index (χ1v) is 11.2. The average molecular weight is 463 g/mol. The van der Waals surface area contributed by atoms with Gasteiger partial charge >= 0.3 is 12.1 Å². The Kier molecular flexibility index (Phi) is 5.59. The van der Waals surface area contributed by atoms with Crippen LogP contribution in [0.3, 0.4) is 0 Å². The van der Waals surface area contributed by atoms with E-state index in [0.29, 0.717) is 38.6 Å². The largest absolute Gasteiger partial charge is 0.385 e. The van der Waals surface area contributed by atoms with E-state index in [1.807, 2.05) is 13.8 Å². The molecule has 1 aliphatic carbocycles. The van der Waals surface area contributed by atoms with E-state index in [0.717, 1.165) is 9.80 Å². The number of hydrogen-bond acceptors (Lipinski definition) is 8. The molecule has 3 aliphatic heterocycles. The van der Waals surface area contributed by atoms with Crippen LogP contribution in [0.2, 0.25) is 0 Å². The van der Waals surface area contributed by atoms with Crippen LogP contribution in [0.25, 0.3) is 0 Å². The third kappa shape index (κ3) is 3.52. The molecule has 7 amide bonds. The maximum absolute atomic E-state index is 13.0. The minimum absolute atomic E-state index is 0.158. The molecular formula is C21H30N6O6. The van der Waals surface area contributed by atoms with Gasteiger partial charge in [-0.2, -0.15) is 0 Å². The number of carbonyl (C=O) groups excluding carboxylic acids is 5. The van der Waals surface area contributed by atoms with Crippen LogP contribution in [0, 0.1) is 5.41 Å². The highest BCUT2D eigenvalue weighted by Crippen LogP contribution is 2.42. The summed E-state index contributed by atoms with van der Waals surface area (Å²) in [6.45, 7) is 4.73. The number of ether oxygens (including phenoxy) is 1. The first-order chi connectivity index (χ1) is 15.5. The van der Waals surface area contributed by atoms with Gasteiger partial charge in [-0.3, -0.25) is 29.5 Å². The van der Waals surface area contributed by atoms with Crippen LogP contribution >= 0.6 is 0 Å². The predicted octanol–water partition coefficient (Wildman–Crippen LogP) is -0.414. The number of hydrogen-bond donors (Lipinski definition) is 3. The highest BCUT2D eigenvalue weighted by molar-refractivity contribution is 6.29. The number of nitrogens with zero attached hydrogens (tertiary/aromatic N) is 3. The lowest BCUT2D eigenvalue weighted by Gasteiger charge is -2.48. The Bertz CT molecular complexity index is 945. The lowest BCUT2D eigenvalue weighted by molar-refractivity contribution is -0.157. The number of nitrogens with two attached hydrogens (primary N) is 2. The summed E-state index contributed by atoms with van der Waals surface area (Å²) in [6.07, 6.45) is 2.74. The minimum Gasteiger partial charge on any atom is -0.385 e. The Morgan fingerprint density at radius 1 is 1.09 bits per heavy atom. The molecular weight excluding hydrogens is 432 g/mol. The molecule has 0 radical (unpaired) electrons. The Morgan fingerprint density at radius 3 is 2.24 bits per heavy atom. The van der Waals surface area contributed by atoms with Crippen molar-refractivity contribution in [2.75, 3.05) is 26.3 Å². The summed E-state index contributed by atoms with van der Waals surface area (Å²) in [5.74, 6) is -2.26. The van der Waals surface area contributed by atoms with Crippen LogP contribution in [0.1, 0.15) is 46.0 Å². The maximum Gasteiger partial charge on any atom is 0.334 e. The maximum atomic E-state index is 13.0. The van der Waals surface area contributed by atoms with Crippen molar-refractivity contribution in [1.29, 1.82) is 0 Å². The zero-order valence-corrected chi connectivity index (χ0v) is 18.9. The van der Waals surface area contributed by atoms with E-state index in [-0.39, 0.29) is 36.7 Å². The van der Waals surface area contributed by atoms with E-state index in [1.54, 1.807) is 4.90 Å². The summed E-state index contributed by atoms with van der Waals surface area (Å²) in [5, 5.41) is 2.38. The molecule has 180 valence electrons. The highest BCUT2D eigenvalue weighted by atomic mass is 16.5. The molecule has 0 bridgehead atoms. The van der Waals surface area contributed by atoms with Crippen LogP contribution in [-0.2, 0) is 19.1 Å². The molecule has 0 unspecified atom stereocenters. The van der Waals surface area contributed by atoms with Crippen LogP contribution < -0.4 is 16.8 Å². The fourth-order valence-corrected chi connectivity index (χ4v) is 5.14. The van der Waals surface area contributed by atoms with Gasteiger partial charge in [0.2, 0.25) is 0 Å². The van der Waals surface area contributed by atoms with E-state index in [1.165, 1.54) is 0 Å². The summed E-state index contributed by atoms with van der Waals surface area (Å²) in [6, 6.07) is -1.49. The van der Waals surface area contributed by atoms with Crippen LogP contribution in [0.15, 0.2) is 11.4 Å². The van der Waals surface area contributed by atoms with E-state index >= 15 is 0 Å². The normalized spacial score (nSPS) is 29.6. The molecule has 12 nitrogen and oxygen atoms in total. The van der Waals surface area contributed by atoms with Gasteiger partial charge < -0.3 is 21.1 Å². The Morgan fingerprint density at radius 2 is 1.73 bits per heavy atom. The molecule has 5 N–H and O–H groups in total. The number of amides is 7. The standard InChI is InChI=1S/C21H30N6O6/c1-3-8-25-15(28)13(14(22)23)16(29)27(19(25)32)12-4-6-20(2,7-5-12)9-26-18(31)24-17(30)21(26)10-33-11-21/h12H,3-11,22-23H2,1-2H3,(H,24,30,31). The topological polar surface area (TPSA) is 168 Å². The van der Waals surface area contributed by atoms with Crippen molar-refractivity contribution in [1.82, 2.24) is 20.0 Å². The Hall–Kier alpha value is -3.15. The molecule has 12 heteroatoms. The monoisotopic (exact) mass is 462 g/mol. The molecule has 33 heavy (non-hydrogen) atoms. The van der Waals surface area contributed by atoms with E-state index in [9.17, 15) is 24.0 Å². The van der Waals surface area contributed by atoms with Gasteiger partial charge in [0.15, 0.2) is 5.54 Å². The van der Waals surface area contributed by atoms with E-state index < -0.39 is 41.3 Å². The van der Waals surface area contributed by atoms with Gasteiger partial charge in [-0.1, -0.05) is 13.8 Å².